The predicted molar refractivity (Wildman–Crippen MR) is 290 cm³/mol. The number of allylic oxidation sites excluding steroid dienone is 1. The number of carbonyl (C=O) groups is 1. The van der Waals surface area contributed by atoms with Crippen LogP contribution in [0.25, 0.3) is 16.6 Å². The van der Waals surface area contributed by atoms with Crippen LogP contribution in [0.5, 0.6) is 5.88 Å². The third-order valence-electron chi connectivity index (χ3n) is 16.0. The van der Waals surface area contributed by atoms with Gasteiger partial charge in [-0.15, -0.1) is 0 Å². The highest BCUT2D eigenvalue weighted by Gasteiger charge is 2.40. The molecule has 6 aliphatic rings. The Morgan fingerprint density at radius 3 is 2.50 bits per heavy atom. The van der Waals surface area contributed by atoms with Crippen LogP contribution in [-0.4, -0.2) is 155 Å². The maximum atomic E-state index is 16.0. The Morgan fingerprint density at radius 2 is 1.72 bits per heavy atom. The number of hydrogen-bond acceptors (Lipinski definition) is 16. The van der Waals surface area contributed by atoms with E-state index in [0.717, 1.165) is 42.0 Å². The third kappa shape index (κ3) is 11.2. The lowest BCUT2D eigenvalue weighted by molar-refractivity contribution is -0.0832. The molecule has 1 amide bonds. The molecule has 21 heteroatoms. The fraction of sp³-hybridized carbons (Fsp3) is 0.491. The van der Waals surface area contributed by atoms with Crippen LogP contribution in [-0.2, 0) is 24.2 Å². The van der Waals surface area contributed by atoms with Crippen molar-refractivity contribution >= 4 is 72.6 Å². The topological polar surface area (TPSA) is 200 Å². The van der Waals surface area contributed by atoms with E-state index in [4.69, 9.17) is 35.5 Å². The molecule has 406 valence electrons. The molecule has 4 N–H and O–H groups in total. The first-order valence-electron chi connectivity index (χ1n) is 26.4. The lowest BCUT2D eigenvalue weighted by Crippen LogP contribution is -2.56. The molecule has 0 radical (unpaired) electrons. The number of carbonyl (C=O) groups excluding carboxylic acids is 1. The van der Waals surface area contributed by atoms with E-state index < -0.39 is 37.4 Å². The average Bonchev–Trinajstić information content (AvgIpc) is 3.73. The van der Waals surface area contributed by atoms with Gasteiger partial charge in [0.05, 0.1) is 72.1 Å². The number of piperazine rings is 1. The highest BCUT2D eigenvalue weighted by molar-refractivity contribution is 7.90. The number of hydrogen-bond donors (Lipinski definition) is 4. The Kier molecular flexibility index (Phi) is 15.0. The fourth-order valence-electron chi connectivity index (χ4n) is 11.6. The molecule has 5 aromatic rings. The van der Waals surface area contributed by atoms with Gasteiger partial charge in [-0.2, -0.15) is 4.98 Å². The number of alkyl halides is 1. The zero-order valence-electron chi connectivity index (χ0n) is 42.9. The van der Waals surface area contributed by atoms with Crippen LogP contribution in [0.1, 0.15) is 68.3 Å². The molecule has 5 aliphatic heterocycles. The minimum Gasteiger partial charge on any atom is -0.733 e. The van der Waals surface area contributed by atoms with E-state index >= 15 is 4.39 Å². The first-order chi connectivity index (χ1) is 36.6. The largest absolute Gasteiger partial charge is 0.733 e. The number of amides is 1. The fourth-order valence-corrected chi connectivity index (χ4v) is 12.7. The third-order valence-corrected chi connectivity index (χ3v) is 17.5. The van der Waals surface area contributed by atoms with Crippen molar-refractivity contribution in [1.82, 2.24) is 24.5 Å². The Labute approximate surface area is 447 Å². The molecule has 3 aromatic carbocycles. The van der Waals surface area contributed by atoms with Crippen LogP contribution < -0.4 is 29.8 Å². The van der Waals surface area contributed by atoms with Crippen molar-refractivity contribution in [3.63, 3.8) is 0 Å². The Bertz CT molecular complexity index is 3080. The number of H-pyrrole nitrogens is 1. The quantitative estimate of drug-likeness (QED) is 0.0924. The number of ether oxygens (including phenoxy) is 4. The molecule has 0 bridgehead atoms. The molecule has 7 heterocycles. The highest BCUT2D eigenvalue weighted by Crippen LogP contribution is 2.46. The molecule has 18 nitrogen and oxygen atoms in total. The van der Waals surface area contributed by atoms with Gasteiger partial charge in [0, 0.05) is 87.9 Å². The van der Waals surface area contributed by atoms with Gasteiger partial charge in [0.25, 0.3) is 15.9 Å². The van der Waals surface area contributed by atoms with Gasteiger partial charge >= 0.3 is 0 Å². The van der Waals surface area contributed by atoms with Gasteiger partial charge < -0.3 is 49.5 Å². The van der Waals surface area contributed by atoms with Crippen molar-refractivity contribution in [2.24, 2.45) is 5.41 Å². The van der Waals surface area contributed by atoms with E-state index in [-0.39, 0.29) is 48.2 Å². The lowest BCUT2D eigenvalue weighted by Gasteiger charge is -2.45. The standard InChI is InChI=1S/C55H66ClFN9O9S/c1-54(2)28-44(36-5-7-38(56)8-6-36)45-31-64-21-20-63(30-40(64)32-72-22-4-24-74-50(45)29-54)39-9-11-43(47(26-39)65-17-3-23-75-53-49(65)25-37-13-16-58-51(37)60-53)52(67)61-76(70,71)42-10-12-46(48(27-42)66(68)69)59-35-55(57)14-18-62(19-15-55)41-33-73-34-41/h5-13,16,25-27,40-41,50,59,68H,3-4,14-15,17-24,28-35H2,1-2H3,(H,58,60)(H,61,67)/q-1/t40?,50-/m1/s1. The van der Waals surface area contributed by atoms with Gasteiger partial charge in [0.2, 0.25) is 5.88 Å². The van der Waals surface area contributed by atoms with E-state index in [2.05, 4.69) is 55.7 Å². The molecule has 4 fully saturated rings. The van der Waals surface area contributed by atoms with Crippen molar-refractivity contribution in [2.75, 3.05) is 112 Å². The van der Waals surface area contributed by atoms with Crippen molar-refractivity contribution in [3.05, 3.63) is 106 Å². The second-order valence-corrected chi connectivity index (χ2v) is 23.9. The first-order valence-corrected chi connectivity index (χ1v) is 28.3. The summed E-state index contributed by atoms with van der Waals surface area (Å²) in [7, 11) is -4.67. The molecular formula is C55H66ClFN9O9S-. The summed E-state index contributed by atoms with van der Waals surface area (Å²) >= 11 is 6.38. The Hall–Kier alpha value is -5.55. The number of rotatable bonds is 11. The van der Waals surface area contributed by atoms with Gasteiger partial charge in [-0.3, -0.25) is 19.8 Å². The zero-order valence-corrected chi connectivity index (χ0v) is 44.5. The maximum absolute atomic E-state index is 16.0. The van der Waals surface area contributed by atoms with Gasteiger partial charge in [-0.25, -0.2) is 17.5 Å². The number of aromatic nitrogens is 2. The van der Waals surface area contributed by atoms with E-state index in [9.17, 15) is 23.6 Å². The molecule has 0 spiro atoms. The summed E-state index contributed by atoms with van der Waals surface area (Å²) < 4.78 is 71.2. The summed E-state index contributed by atoms with van der Waals surface area (Å²) in [6.07, 6.45) is 5.41. The highest BCUT2D eigenvalue weighted by atomic mass is 35.5. The number of aromatic amines is 1. The molecule has 11 rings (SSSR count). The van der Waals surface area contributed by atoms with Crippen LogP contribution >= 0.6 is 11.6 Å². The van der Waals surface area contributed by atoms with Crippen LogP contribution in [0.3, 0.4) is 0 Å². The number of piperidine rings is 1. The van der Waals surface area contributed by atoms with Gasteiger partial charge in [0.1, 0.15) is 17.0 Å². The SMILES string of the molecule is CC1(C)CC(c2ccc(Cl)cc2)=C2CN3CCN(c4ccc(C(=O)NS(=O)(=O)c5ccc(NCC6(F)CCN(C7COC7)CC6)c(N([O-])O)c5)c(N5CCCOc6nc7[nH]ccc7cc65)c4)CC3COCCCO[C@@H]2C1. The van der Waals surface area contributed by atoms with Gasteiger partial charge in [0.15, 0.2) is 0 Å². The van der Waals surface area contributed by atoms with Crippen molar-refractivity contribution in [3.8, 4) is 5.88 Å². The molecule has 2 aromatic heterocycles. The number of benzene rings is 3. The average molecular weight is 1080 g/mol. The predicted octanol–water partition coefficient (Wildman–Crippen LogP) is 8.13. The van der Waals surface area contributed by atoms with Crippen LogP contribution in [0.4, 0.5) is 32.8 Å². The van der Waals surface area contributed by atoms with E-state index in [0.29, 0.717) is 126 Å². The summed E-state index contributed by atoms with van der Waals surface area (Å²) in [5.41, 5.74) is 4.34. The number of nitrogens with zero attached hydrogens (tertiary/aromatic N) is 6. The van der Waals surface area contributed by atoms with E-state index in [1.54, 1.807) is 12.3 Å². The molecular weight excluding hydrogens is 1020 g/mol. The number of pyridine rings is 1. The molecule has 76 heavy (non-hydrogen) atoms. The maximum Gasteiger partial charge on any atom is 0.267 e. The number of likely N-dealkylation sites (tertiary alicyclic amines) is 1. The van der Waals surface area contributed by atoms with E-state index in [1.165, 1.54) is 23.3 Å². The molecule has 0 saturated carbocycles. The van der Waals surface area contributed by atoms with Crippen LogP contribution in [0.2, 0.25) is 5.02 Å². The van der Waals surface area contributed by atoms with E-state index in [1.807, 2.05) is 41.3 Å². The molecule has 2 atom stereocenters. The Balaban J connectivity index is 0.881. The van der Waals surface area contributed by atoms with Crippen molar-refractivity contribution in [2.45, 2.75) is 81.1 Å². The first kappa shape index (κ1) is 52.5. The number of anilines is 5. The monoisotopic (exact) mass is 1080 g/mol. The minimum absolute atomic E-state index is 0.00404. The zero-order chi connectivity index (χ0) is 52.8. The molecule has 1 aliphatic carbocycles. The van der Waals surface area contributed by atoms with Crippen LogP contribution in [0, 0.1) is 10.6 Å². The number of fused-ring (bicyclic) bond motifs is 4. The lowest BCUT2D eigenvalue weighted by atomic mass is 9.71. The van der Waals surface area contributed by atoms with Gasteiger partial charge in [-0.05, 0) is 121 Å². The van der Waals surface area contributed by atoms with Crippen LogP contribution in [0.15, 0.2) is 89.5 Å². The smallest absolute Gasteiger partial charge is 0.267 e. The normalized spacial score (nSPS) is 22.8. The summed E-state index contributed by atoms with van der Waals surface area (Å²) in [5, 5.41) is 26.7. The summed E-state index contributed by atoms with van der Waals surface area (Å²) in [6, 6.07) is 21.1. The minimum atomic E-state index is -4.67. The van der Waals surface area contributed by atoms with Crippen molar-refractivity contribution < 1.29 is 41.8 Å². The molecule has 4 saturated heterocycles. The van der Waals surface area contributed by atoms with Crippen molar-refractivity contribution in [1.29, 1.82) is 0 Å². The second-order valence-electron chi connectivity index (χ2n) is 21.8. The summed E-state index contributed by atoms with van der Waals surface area (Å²) in [5.74, 6) is -0.561. The second kappa shape index (κ2) is 21.7. The molecule has 1 unspecified atom stereocenters. The van der Waals surface area contributed by atoms with Gasteiger partial charge in [-0.1, -0.05) is 37.6 Å². The number of nitrogens with one attached hydrogen (secondary N) is 3. The number of sulfonamides is 1. The number of halogens is 2. The summed E-state index contributed by atoms with van der Waals surface area (Å²) in [6.45, 7) is 11.9. The summed E-state index contributed by atoms with van der Waals surface area (Å²) in [4.78, 5) is 31.1. The Morgan fingerprint density at radius 1 is 0.921 bits per heavy atom.